The minimum atomic E-state index is -4.85. The molecular weight excluding hydrogens is 536 g/mol. The standard InChI is InChI=1S/C23H20F4N4O4S2/c1-4-16-12(18-19(34)29(2)22(35)30(3)20(18)37-16)8-17(33)28-21-31(10-32)15(9-36-21)11-5-6-13(14(24)7-11)23(25,26)27/h5-7,9,32H,4,8,10H2,1-3H3/b28-21-. The zero-order valence-corrected chi connectivity index (χ0v) is 21.4. The number of nitrogens with zero attached hydrogens (tertiary/aromatic N) is 4. The van der Waals surface area contributed by atoms with Gasteiger partial charge in [-0.3, -0.25) is 23.3 Å². The van der Waals surface area contributed by atoms with Crippen molar-refractivity contribution in [1.29, 1.82) is 0 Å². The second-order valence-corrected chi connectivity index (χ2v) is 10.0. The minimum absolute atomic E-state index is 0.0423. The van der Waals surface area contributed by atoms with E-state index in [0.717, 1.165) is 26.8 Å². The average molecular weight is 557 g/mol. The van der Waals surface area contributed by atoms with Gasteiger partial charge < -0.3 is 5.11 Å². The zero-order valence-electron chi connectivity index (χ0n) is 19.7. The molecule has 4 rings (SSSR count). The van der Waals surface area contributed by atoms with Gasteiger partial charge in [0.1, 0.15) is 17.4 Å². The second-order valence-electron chi connectivity index (χ2n) is 8.09. The van der Waals surface area contributed by atoms with Gasteiger partial charge in [0.15, 0.2) is 4.80 Å². The normalized spacial score (nSPS) is 12.6. The van der Waals surface area contributed by atoms with Crippen molar-refractivity contribution in [2.75, 3.05) is 0 Å². The van der Waals surface area contributed by atoms with Gasteiger partial charge in [-0.25, -0.2) is 9.18 Å². The molecule has 3 aromatic heterocycles. The number of benzene rings is 1. The van der Waals surface area contributed by atoms with Crippen LogP contribution in [0.15, 0.2) is 38.2 Å². The highest BCUT2D eigenvalue weighted by Gasteiger charge is 2.34. The highest BCUT2D eigenvalue weighted by Crippen LogP contribution is 2.33. The van der Waals surface area contributed by atoms with Crippen molar-refractivity contribution in [2.24, 2.45) is 19.1 Å². The lowest BCUT2D eigenvalue weighted by Gasteiger charge is -2.10. The second kappa shape index (κ2) is 9.84. The van der Waals surface area contributed by atoms with Gasteiger partial charge in [0.2, 0.25) is 0 Å². The Hall–Kier alpha value is -3.36. The summed E-state index contributed by atoms with van der Waals surface area (Å²) in [6.45, 7) is 1.19. The first kappa shape index (κ1) is 26.7. The predicted molar refractivity (Wildman–Crippen MR) is 131 cm³/mol. The molecule has 0 aliphatic heterocycles. The summed E-state index contributed by atoms with van der Waals surface area (Å²) in [5.74, 6) is -2.11. The summed E-state index contributed by atoms with van der Waals surface area (Å²) in [6.07, 6.45) is -4.59. The first-order valence-corrected chi connectivity index (χ1v) is 12.5. The van der Waals surface area contributed by atoms with Gasteiger partial charge in [-0.1, -0.05) is 13.0 Å². The first-order valence-electron chi connectivity index (χ1n) is 10.8. The number of thiazole rings is 1. The Kier molecular flexibility index (Phi) is 7.10. The van der Waals surface area contributed by atoms with E-state index in [1.54, 1.807) is 0 Å². The Morgan fingerprint density at radius 2 is 1.86 bits per heavy atom. The van der Waals surface area contributed by atoms with Crippen molar-refractivity contribution in [1.82, 2.24) is 13.7 Å². The Labute approximate surface area is 214 Å². The number of amides is 1. The maximum absolute atomic E-state index is 14.1. The zero-order chi connectivity index (χ0) is 27.2. The molecule has 196 valence electrons. The van der Waals surface area contributed by atoms with Crippen molar-refractivity contribution in [3.63, 3.8) is 0 Å². The topological polar surface area (TPSA) is 98.6 Å². The summed E-state index contributed by atoms with van der Waals surface area (Å²) < 4.78 is 56.3. The minimum Gasteiger partial charge on any atom is -0.376 e. The van der Waals surface area contributed by atoms with Crippen LogP contribution in [0.1, 0.15) is 22.9 Å². The fourth-order valence-electron chi connectivity index (χ4n) is 3.98. The molecule has 0 bridgehead atoms. The molecule has 0 radical (unpaired) electrons. The van der Waals surface area contributed by atoms with Crippen LogP contribution in [0.5, 0.6) is 0 Å². The fourth-order valence-corrected chi connectivity index (χ4v) is 6.10. The number of alkyl halides is 3. The molecule has 1 N–H and O–H groups in total. The molecule has 14 heteroatoms. The molecule has 1 amide bonds. The van der Waals surface area contributed by atoms with E-state index in [0.29, 0.717) is 28.9 Å². The lowest BCUT2D eigenvalue weighted by molar-refractivity contribution is -0.140. The quantitative estimate of drug-likeness (QED) is 0.382. The van der Waals surface area contributed by atoms with Crippen molar-refractivity contribution in [3.05, 3.63) is 71.0 Å². The first-order chi connectivity index (χ1) is 17.4. The number of halogens is 4. The number of aryl methyl sites for hydroxylation is 2. The largest absolute Gasteiger partial charge is 0.419 e. The molecule has 4 aromatic rings. The summed E-state index contributed by atoms with van der Waals surface area (Å²) in [6, 6.07) is 2.37. The van der Waals surface area contributed by atoms with Crippen LogP contribution in [0, 0.1) is 5.82 Å². The number of aliphatic hydroxyl groups excluding tert-OH is 1. The third-order valence-electron chi connectivity index (χ3n) is 5.85. The Balaban J connectivity index is 1.76. The van der Waals surface area contributed by atoms with E-state index >= 15 is 0 Å². The predicted octanol–water partition coefficient (Wildman–Crippen LogP) is 3.17. The Morgan fingerprint density at radius 1 is 1.16 bits per heavy atom. The summed E-state index contributed by atoms with van der Waals surface area (Å²) in [7, 11) is 2.89. The number of rotatable bonds is 5. The smallest absolute Gasteiger partial charge is 0.376 e. The number of thiophene rings is 1. The molecule has 3 heterocycles. The monoisotopic (exact) mass is 556 g/mol. The molecular formula is C23H20F4N4O4S2. The summed E-state index contributed by atoms with van der Waals surface area (Å²) >= 11 is 2.18. The van der Waals surface area contributed by atoms with Crippen LogP contribution in [0.3, 0.4) is 0 Å². The molecule has 0 aliphatic rings. The van der Waals surface area contributed by atoms with Crippen LogP contribution in [0.25, 0.3) is 21.5 Å². The molecule has 0 atom stereocenters. The molecule has 0 spiro atoms. The maximum atomic E-state index is 14.1. The van der Waals surface area contributed by atoms with Crippen LogP contribution in [-0.4, -0.2) is 24.7 Å². The number of aromatic nitrogens is 3. The number of carbonyl (C=O) groups excluding carboxylic acids is 1. The Morgan fingerprint density at radius 3 is 2.46 bits per heavy atom. The van der Waals surface area contributed by atoms with Crippen molar-refractivity contribution >= 4 is 38.8 Å². The lowest BCUT2D eigenvalue weighted by Crippen LogP contribution is -2.36. The van der Waals surface area contributed by atoms with Gasteiger partial charge in [0, 0.05) is 29.9 Å². The van der Waals surface area contributed by atoms with Crippen molar-refractivity contribution in [2.45, 2.75) is 32.7 Å². The van der Waals surface area contributed by atoms with Gasteiger partial charge >= 0.3 is 11.9 Å². The van der Waals surface area contributed by atoms with E-state index < -0.39 is 41.4 Å². The van der Waals surface area contributed by atoms with E-state index in [1.165, 1.54) is 39.9 Å². The molecule has 37 heavy (non-hydrogen) atoms. The van der Waals surface area contributed by atoms with Gasteiger partial charge in [-0.2, -0.15) is 18.2 Å². The molecule has 8 nitrogen and oxygen atoms in total. The highest BCUT2D eigenvalue weighted by molar-refractivity contribution is 7.18. The van der Waals surface area contributed by atoms with Crippen LogP contribution in [-0.2, 0) is 44.6 Å². The number of carbonyl (C=O) groups is 1. The fraction of sp³-hybridized carbons (Fsp3) is 0.304. The maximum Gasteiger partial charge on any atom is 0.419 e. The number of hydrogen-bond donors (Lipinski definition) is 1. The van der Waals surface area contributed by atoms with E-state index in [2.05, 4.69) is 4.99 Å². The third-order valence-corrected chi connectivity index (χ3v) is 8.16. The molecule has 0 fully saturated rings. The summed E-state index contributed by atoms with van der Waals surface area (Å²) in [4.78, 5) is 43.4. The van der Waals surface area contributed by atoms with E-state index in [4.69, 9.17) is 0 Å². The number of fused-ring (bicyclic) bond motifs is 1. The lowest BCUT2D eigenvalue weighted by atomic mass is 10.1. The number of aliphatic hydroxyl groups is 1. The summed E-state index contributed by atoms with van der Waals surface area (Å²) in [5.41, 5.74) is -1.73. The molecule has 1 aromatic carbocycles. The van der Waals surface area contributed by atoms with Crippen molar-refractivity contribution in [3.8, 4) is 11.3 Å². The van der Waals surface area contributed by atoms with E-state index in [1.807, 2.05) is 6.92 Å². The average Bonchev–Trinajstić information content (AvgIpc) is 3.41. The van der Waals surface area contributed by atoms with Gasteiger partial charge in [0.25, 0.3) is 11.5 Å². The number of hydrogen-bond acceptors (Lipinski definition) is 6. The highest BCUT2D eigenvalue weighted by atomic mass is 32.1. The molecule has 0 aliphatic carbocycles. The third kappa shape index (κ3) is 4.71. The van der Waals surface area contributed by atoms with E-state index in [9.17, 15) is 37.1 Å². The van der Waals surface area contributed by atoms with Gasteiger partial charge in [-0.15, -0.1) is 22.7 Å². The van der Waals surface area contributed by atoms with Crippen molar-refractivity contribution < 1.29 is 27.5 Å². The SMILES string of the molecule is CCc1sc2c(c1CC(=O)/N=c1\scc(-c3ccc(C(F)(F)F)c(F)c3)n1CO)c(=O)n(C)c(=O)n2C. The Bertz CT molecular complexity index is 1720. The molecule has 0 saturated heterocycles. The molecule has 0 unspecified atom stereocenters. The molecule has 0 saturated carbocycles. The van der Waals surface area contributed by atoms with Crippen LogP contribution < -0.4 is 16.1 Å². The van der Waals surface area contributed by atoms with Gasteiger partial charge in [0.05, 0.1) is 23.1 Å². The van der Waals surface area contributed by atoms with Crippen LogP contribution >= 0.6 is 22.7 Å². The van der Waals surface area contributed by atoms with E-state index in [-0.39, 0.29) is 27.9 Å². The van der Waals surface area contributed by atoms with Gasteiger partial charge in [-0.05, 0) is 24.1 Å². The van der Waals surface area contributed by atoms with Crippen LogP contribution in [0.2, 0.25) is 0 Å². The van der Waals surface area contributed by atoms with Crippen LogP contribution in [0.4, 0.5) is 17.6 Å². The summed E-state index contributed by atoms with van der Waals surface area (Å²) in [5, 5.41) is 11.6.